The van der Waals surface area contributed by atoms with Gasteiger partial charge < -0.3 is 15.3 Å². The minimum Gasteiger partial charge on any atom is -0.396 e. The van der Waals surface area contributed by atoms with E-state index in [1.165, 1.54) is 0 Å². The Balaban J connectivity index is 3.18. The molecule has 0 aliphatic rings. The van der Waals surface area contributed by atoms with Gasteiger partial charge in [-0.1, -0.05) is 0 Å². The highest BCUT2D eigenvalue weighted by molar-refractivity contribution is 4.87. The molecule has 3 heteroatoms. The summed E-state index contributed by atoms with van der Waals surface area (Å²) in [7, 11) is 0. The summed E-state index contributed by atoms with van der Waals surface area (Å²) in [6.45, 7) is 0.0763. The van der Waals surface area contributed by atoms with Gasteiger partial charge in [0.2, 0.25) is 0 Å². The Bertz CT molecular complexity index is 50.3. The lowest BCUT2D eigenvalue weighted by atomic mass is 10.0. The topological polar surface area (TPSA) is 60.7 Å². The van der Waals surface area contributed by atoms with Crippen molar-refractivity contribution in [3.63, 3.8) is 0 Å². The second kappa shape index (κ2) is 6.01. The Kier molecular flexibility index (Phi) is 5.93. The van der Waals surface area contributed by atoms with Crippen molar-refractivity contribution >= 4 is 0 Å². The van der Waals surface area contributed by atoms with Gasteiger partial charge in [-0.25, -0.2) is 0 Å². The Morgan fingerprint density at radius 1 is 0.889 bits per heavy atom. The van der Waals surface area contributed by atoms with Gasteiger partial charge in [-0.05, 0) is 12.8 Å². The van der Waals surface area contributed by atoms with Crippen LogP contribution in [0.3, 0.4) is 0 Å². The maximum Gasteiger partial charge on any atom is 0.0495 e. The van der Waals surface area contributed by atoms with E-state index in [1.807, 2.05) is 0 Å². The molecule has 0 aliphatic carbocycles. The van der Waals surface area contributed by atoms with E-state index in [4.69, 9.17) is 15.3 Å². The predicted molar refractivity (Wildman–Crippen MR) is 33.7 cm³/mol. The summed E-state index contributed by atoms with van der Waals surface area (Å²) in [6.07, 6.45) is 0.994. The van der Waals surface area contributed by atoms with Crippen LogP contribution in [-0.2, 0) is 0 Å². The molecule has 0 bridgehead atoms. The van der Waals surface area contributed by atoms with Crippen molar-refractivity contribution in [3.05, 3.63) is 5.92 Å². The van der Waals surface area contributed by atoms with Crippen molar-refractivity contribution in [1.29, 1.82) is 0 Å². The number of aliphatic hydroxyl groups is 3. The first-order valence-corrected chi connectivity index (χ1v) is 3.01. The van der Waals surface area contributed by atoms with Crippen molar-refractivity contribution in [1.82, 2.24) is 0 Å². The molecule has 0 saturated carbocycles. The molecule has 0 aromatic heterocycles. The molecule has 9 heavy (non-hydrogen) atoms. The van der Waals surface area contributed by atoms with E-state index in [2.05, 4.69) is 0 Å². The highest BCUT2D eigenvalue weighted by Crippen LogP contribution is 2.07. The number of hydrogen-bond donors (Lipinski definition) is 3. The molecule has 0 aromatic carbocycles. The third-order valence-corrected chi connectivity index (χ3v) is 1.15. The average molecular weight is 133 g/mol. The molecule has 0 spiro atoms. The van der Waals surface area contributed by atoms with Crippen molar-refractivity contribution in [2.45, 2.75) is 12.8 Å². The Morgan fingerprint density at radius 3 is 1.56 bits per heavy atom. The smallest absolute Gasteiger partial charge is 0.0495 e. The predicted octanol–water partition coefficient (Wildman–Crippen LogP) is -0.682. The molecule has 0 rings (SSSR count). The first-order valence-electron chi connectivity index (χ1n) is 3.01. The standard InChI is InChI=1S/C6H13O3/c7-3-1-6(5-9)2-4-8/h7-9H,1-5H2. The minimum atomic E-state index is -0.0267. The molecule has 0 fully saturated rings. The minimum absolute atomic E-state index is 0.0267. The molecule has 1 radical (unpaired) electrons. The zero-order chi connectivity index (χ0) is 7.11. The van der Waals surface area contributed by atoms with Gasteiger partial charge in [0.25, 0.3) is 0 Å². The van der Waals surface area contributed by atoms with Gasteiger partial charge in [0.05, 0.1) is 0 Å². The Hall–Kier alpha value is -0.120. The molecule has 0 aromatic rings. The van der Waals surface area contributed by atoms with E-state index in [9.17, 15) is 0 Å². The number of hydrogen-bond acceptors (Lipinski definition) is 3. The Labute approximate surface area is 54.9 Å². The summed E-state index contributed by atoms with van der Waals surface area (Å²) in [6, 6.07) is 0. The van der Waals surface area contributed by atoms with E-state index in [0.717, 1.165) is 5.92 Å². The van der Waals surface area contributed by atoms with Crippen LogP contribution in [0.4, 0.5) is 0 Å². The van der Waals surface area contributed by atoms with Gasteiger partial charge in [0, 0.05) is 25.7 Å². The first-order chi connectivity index (χ1) is 4.35. The van der Waals surface area contributed by atoms with Crippen molar-refractivity contribution < 1.29 is 15.3 Å². The maximum absolute atomic E-state index is 8.53. The van der Waals surface area contributed by atoms with Gasteiger partial charge in [-0.2, -0.15) is 0 Å². The van der Waals surface area contributed by atoms with Gasteiger partial charge in [0.15, 0.2) is 0 Å². The van der Waals surface area contributed by atoms with E-state index < -0.39 is 0 Å². The summed E-state index contributed by atoms with van der Waals surface area (Å²) < 4.78 is 0. The zero-order valence-corrected chi connectivity index (χ0v) is 5.38. The van der Waals surface area contributed by atoms with Crippen LogP contribution in [0.5, 0.6) is 0 Å². The molecule has 0 heterocycles. The number of aliphatic hydroxyl groups excluding tert-OH is 3. The number of rotatable bonds is 5. The van der Waals surface area contributed by atoms with Crippen LogP contribution >= 0.6 is 0 Å². The second-order valence-corrected chi connectivity index (χ2v) is 1.86. The molecule has 3 nitrogen and oxygen atoms in total. The van der Waals surface area contributed by atoms with Crippen LogP contribution in [0, 0.1) is 5.92 Å². The molecule has 0 aliphatic heterocycles. The van der Waals surface area contributed by atoms with Gasteiger partial charge >= 0.3 is 0 Å². The molecule has 0 amide bonds. The third kappa shape index (κ3) is 4.39. The lowest BCUT2D eigenvalue weighted by Gasteiger charge is -2.08. The van der Waals surface area contributed by atoms with E-state index in [1.54, 1.807) is 0 Å². The largest absolute Gasteiger partial charge is 0.396 e. The third-order valence-electron chi connectivity index (χ3n) is 1.15. The molecule has 0 atom stereocenters. The van der Waals surface area contributed by atoms with E-state index >= 15 is 0 Å². The molecule has 0 unspecified atom stereocenters. The summed E-state index contributed by atoms with van der Waals surface area (Å²) in [5.41, 5.74) is 0. The highest BCUT2D eigenvalue weighted by Gasteiger charge is 2.04. The summed E-state index contributed by atoms with van der Waals surface area (Å²) >= 11 is 0. The SMILES string of the molecule is OCC[C](CO)CCO. The summed E-state index contributed by atoms with van der Waals surface area (Å²) in [5.74, 6) is 0.806. The fourth-order valence-electron chi connectivity index (χ4n) is 0.599. The van der Waals surface area contributed by atoms with Crippen LogP contribution in [0.2, 0.25) is 0 Å². The average Bonchev–Trinajstić information content (AvgIpc) is 1.88. The van der Waals surface area contributed by atoms with Gasteiger partial charge in [0.1, 0.15) is 0 Å². The van der Waals surface area contributed by atoms with Crippen LogP contribution in [-0.4, -0.2) is 35.1 Å². The fraction of sp³-hybridized carbons (Fsp3) is 0.833. The van der Waals surface area contributed by atoms with Crippen molar-refractivity contribution in [2.24, 2.45) is 0 Å². The zero-order valence-electron chi connectivity index (χ0n) is 5.38. The fourth-order valence-corrected chi connectivity index (χ4v) is 0.599. The van der Waals surface area contributed by atoms with Crippen LogP contribution in [0.1, 0.15) is 12.8 Å². The van der Waals surface area contributed by atoms with Crippen molar-refractivity contribution in [3.8, 4) is 0 Å². The van der Waals surface area contributed by atoms with E-state index in [0.29, 0.717) is 12.8 Å². The second-order valence-electron chi connectivity index (χ2n) is 1.86. The van der Waals surface area contributed by atoms with Crippen LogP contribution < -0.4 is 0 Å². The van der Waals surface area contributed by atoms with Crippen LogP contribution in [0.25, 0.3) is 0 Å². The van der Waals surface area contributed by atoms with Crippen LogP contribution in [0.15, 0.2) is 0 Å². The lowest BCUT2D eigenvalue weighted by molar-refractivity contribution is 0.229. The summed E-state index contributed by atoms with van der Waals surface area (Å²) in [5, 5.41) is 25.3. The summed E-state index contributed by atoms with van der Waals surface area (Å²) in [4.78, 5) is 0. The molecular weight excluding hydrogens is 120 g/mol. The first kappa shape index (κ1) is 8.88. The lowest BCUT2D eigenvalue weighted by Crippen LogP contribution is -2.07. The monoisotopic (exact) mass is 133 g/mol. The Morgan fingerprint density at radius 2 is 1.33 bits per heavy atom. The van der Waals surface area contributed by atoms with Gasteiger partial charge in [-0.3, -0.25) is 0 Å². The molecule has 55 valence electrons. The molecule has 0 saturated heterocycles. The normalized spacial score (nSPS) is 10.7. The molecular formula is C6H13O3. The van der Waals surface area contributed by atoms with Gasteiger partial charge in [-0.15, -0.1) is 0 Å². The van der Waals surface area contributed by atoms with E-state index in [-0.39, 0.29) is 19.8 Å². The van der Waals surface area contributed by atoms with Crippen molar-refractivity contribution in [2.75, 3.05) is 19.8 Å². The maximum atomic E-state index is 8.53. The quantitative estimate of drug-likeness (QED) is 0.465. The molecule has 3 N–H and O–H groups in total. The highest BCUT2D eigenvalue weighted by atomic mass is 16.3.